The van der Waals surface area contributed by atoms with Gasteiger partial charge in [0, 0.05) is 54.7 Å². The molecule has 0 bridgehead atoms. The normalized spacial score (nSPS) is 12.0. The molecular weight excluding hydrogens is 735 g/mol. The van der Waals surface area contributed by atoms with Crippen LogP contribution in [-0.4, -0.2) is 24.1 Å². The third-order valence-electron chi connectivity index (χ3n) is 11.9. The zero-order valence-corrected chi connectivity index (χ0v) is 33.0. The molecule has 0 radical (unpaired) electrons. The molecule has 0 fully saturated rings. The van der Waals surface area contributed by atoms with Gasteiger partial charge in [-0.2, -0.15) is 9.97 Å². The van der Waals surface area contributed by atoms with Crippen molar-refractivity contribution in [2.75, 3.05) is 0 Å². The number of para-hydroxylation sites is 3. The highest BCUT2D eigenvalue weighted by Gasteiger charge is 2.23. The highest BCUT2D eigenvalue weighted by molar-refractivity contribution is 6.19. The summed E-state index contributed by atoms with van der Waals surface area (Å²) >= 11 is 0. The van der Waals surface area contributed by atoms with Crippen LogP contribution < -0.4 is 0 Å². The molecule has 0 saturated carbocycles. The lowest BCUT2D eigenvalue weighted by molar-refractivity contribution is 0.670. The first kappa shape index (κ1) is 34.2. The quantitative estimate of drug-likeness (QED) is 0.169. The Morgan fingerprint density at radius 2 is 0.983 bits per heavy atom. The van der Waals surface area contributed by atoms with Gasteiger partial charge in [0.05, 0.1) is 22.1 Å². The molecule has 0 N–H and O–H groups in total. The Hall–Kier alpha value is -7.83. The van der Waals surface area contributed by atoms with Crippen molar-refractivity contribution in [3.05, 3.63) is 188 Å². The molecule has 6 nitrogen and oxygen atoms in total. The lowest BCUT2D eigenvalue weighted by Gasteiger charge is -2.14. The molecule has 0 aliphatic rings. The molecule has 0 amide bonds. The monoisotopic (exact) mass is 771 g/mol. The SMILES string of the molecule is CC(C)c1cccc(-c2cc(-n3c4ccccc4c4cc5c6ccccc6n(-c6nc(-c7ccccc7)nc(-c7ccccc7)n6)c5cc43)cc3c2oc2ccccc23)c1. The average Bonchev–Trinajstić information content (AvgIpc) is 3.95. The molecule has 0 spiro atoms. The third-order valence-corrected chi connectivity index (χ3v) is 11.9. The van der Waals surface area contributed by atoms with Gasteiger partial charge in [-0.3, -0.25) is 4.57 Å². The largest absolute Gasteiger partial charge is 0.455 e. The van der Waals surface area contributed by atoms with Crippen molar-refractivity contribution in [1.82, 2.24) is 24.1 Å². The minimum absolute atomic E-state index is 0.391. The second kappa shape index (κ2) is 13.4. The summed E-state index contributed by atoms with van der Waals surface area (Å²) in [5.74, 6) is 2.20. The van der Waals surface area contributed by atoms with E-state index in [0.717, 1.165) is 82.7 Å². The van der Waals surface area contributed by atoms with Gasteiger partial charge in [-0.25, -0.2) is 4.98 Å². The Bertz CT molecular complexity index is 3580. The molecule has 0 saturated heterocycles. The summed E-state index contributed by atoms with van der Waals surface area (Å²) in [4.78, 5) is 15.5. The maximum atomic E-state index is 6.69. The Morgan fingerprint density at radius 1 is 0.417 bits per heavy atom. The predicted octanol–water partition coefficient (Wildman–Crippen LogP) is 14.1. The molecule has 0 atom stereocenters. The van der Waals surface area contributed by atoms with Crippen molar-refractivity contribution < 1.29 is 4.42 Å². The summed E-state index contributed by atoms with van der Waals surface area (Å²) in [6.45, 7) is 4.48. The van der Waals surface area contributed by atoms with Crippen LogP contribution in [0.3, 0.4) is 0 Å². The summed E-state index contributed by atoms with van der Waals surface area (Å²) in [6.07, 6.45) is 0. The van der Waals surface area contributed by atoms with Crippen LogP contribution in [0.15, 0.2) is 186 Å². The van der Waals surface area contributed by atoms with E-state index in [1.807, 2.05) is 42.5 Å². The van der Waals surface area contributed by atoms with Crippen LogP contribution in [0.5, 0.6) is 0 Å². The van der Waals surface area contributed by atoms with Crippen molar-refractivity contribution >= 4 is 65.6 Å². The first-order chi connectivity index (χ1) is 29.6. The molecule has 4 aromatic heterocycles. The molecule has 6 heteroatoms. The molecule has 0 unspecified atom stereocenters. The third kappa shape index (κ3) is 5.31. The number of fused-ring (bicyclic) bond motifs is 9. The van der Waals surface area contributed by atoms with Gasteiger partial charge >= 0.3 is 0 Å². The second-order valence-electron chi connectivity index (χ2n) is 15.9. The summed E-state index contributed by atoms with van der Waals surface area (Å²) in [6, 6.07) is 64.1. The first-order valence-electron chi connectivity index (χ1n) is 20.5. The minimum Gasteiger partial charge on any atom is -0.455 e. The predicted molar refractivity (Wildman–Crippen MR) is 246 cm³/mol. The molecule has 8 aromatic carbocycles. The van der Waals surface area contributed by atoms with Crippen LogP contribution in [0.2, 0.25) is 0 Å². The molecule has 284 valence electrons. The number of aromatic nitrogens is 5. The van der Waals surface area contributed by atoms with E-state index < -0.39 is 0 Å². The van der Waals surface area contributed by atoms with Gasteiger partial charge < -0.3 is 8.98 Å². The van der Waals surface area contributed by atoms with Crippen LogP contribution in [0.25, 0.3) is 111 Å². The van der Waals surface area contributed by atoms with Crippen LogP contribution in [0.4, 0.5) is 0 Å². The Labute approximate surface area is 345 Å². The van der Waals surface area contributed by atoms with Gasteiger partial charge in [0.2, 0.25) is 5.95 Å². The lowest BCUT2D eigenvalue weighted by Crippen LogP contribution is -2.06. The molecular formula is C54H37N5O. The molecule has 4 heterocycles. The fourth-order valence-corrected chi connectivity index (χ4v) is 9.04. The molecule has 12 rings (SSSR count). The molecule has 0 aliphatic heterocycles. The maximum Gasteiger partial charge on any atom is 0.238 e. The van der Waals surface area contributed by atoms with Crippen LogP contribution in [0.1, 0.15) is 25.3 Å². The number of furan rings is 1. The first-order valence-corrected chi connectivity index (χ1v) is 20.5. The van der Waals surface area contributed by atoms with E-state index in [0.29, 0.717) is 23.5 Å². The maximum absolute atomic E-state index is 6.69. The van der Waals surface area contributed by atoms with Crippen molar-refractivity contribution in [3.63, 3.8) is 0 Å². The fraction of sp³-hybridized carbons (Fsp3) is 0.0556. The number of rotatable bonds is 6. The van der Waals surface area contributed by atoms with E-state index in [9.17, 15) is 0 Å². The van der Waals surface area contributed by atoms with Crippen molar-refractivity contribution in [3.8, 4) is 45.5 Å². The zero-order chi connectivity index (χ0) is 39.9. The van der Waals surface area contributed by atoms with Gasteiger partial charge in [-0.1, -0.05) is 153 Å². The van der Waals surface area contributed by atoms with Gasteiger partial charge in [0.25, 0.3) is 0 Å². The summed E-state index contributed by atoms with van der Waals surface area (Å²) in [5, 5.41) is 6.80. The van der Waals surface area contributed by atoms with E-state index in [4.69, 9.17) is 19.4 Å². The molecule has 12 aromatic rings. The Morgan fingerprint density at radius 3 is 1.65 bits per heavy atom. The summed E-state index contributed by atoms with van der Waals surface area (Å²) in [5.41, 5.74) is 12.4. The number of hydrogen-bond donors (Lipinski definition) is 0. The highest BCUT2D eigenvalue weighted by Crippen LogP contribution is 2.43. The van der Waals surface area contributed by atoms with Crippen molar-refractivity contribution in [1.29, 1.82) is 0 Å². The highest BCUT2D eigenvalue weighted by atomic mass is 16.3. The Balaban J connectivity index is 1.18. The van der Waals surface area contributed by atoms with Crippen molar-refractivity contribution in [2.24, 2.45) is 0 Å². The van der Waals surface area contributed by atoms with Crippen LogP contribution in [0, 0.1) is 0 Å². The smallest absolute Gasteiger partial charge is 0.238 e. The number of nitrogens with zero attached hydrogens (tertiary/aromatic N) is 5. The topological polar surface area (TPSA) is 61.7 Å². The van der Waals surface area contributed by atoms with Gasteiger partial charge in [0.1, 0.15) is 11.2 Å². The zero-order valence-electron chi connectivity index (χ0n) is 33.0. The average molecular weight is 772 g/mol. The van der Waals surface area contributed by atoms with Gasteiger partial charge in [0.15, 0.2) is 11.6 Å². The van der Waals surface area contributed by atoms with Crippen molar-refractivity contribution in [2.45, 2.75) is 19.8 Å². The number of hydrogen-bond acceptors (Lipinski definition) is 4. The molecule has 0 aliphatic carbocycles. The lowest BCUT2D eigenvalue weighted by atomic mass is 9.96. The van der Waals surface area contributed by atoms with E-state index >= 15 is 0 Å². The Kier molecular flexibility index (Phi) is 7.62. The van der Waals surface area contributed by atoms with E-state index in [2.05, 4.69) is 163 Å². The minimum atomic E-state index is 0.391. The van der Waals surface area contributed by atoms with E-state index in [-0.39, 0.29) is 0 Å². The van der Waals surface area contributed by atoms with Crippen LogP contribution in [-0.2, 0) is 0 Å². The molecule has 60 heavy (non-hydrogen) atoms. The summed E-state index contributed by atoms with van der Waals surface area (Å²) < 4.78 is 11.3. The van der Waals surface area contributed by atoms with E-state index in [1.54, 1.807) is 0 Å². The number of benzene rings is 8. The van der Waals surface area contributed by atoms with Gasteiger partial charge in [-0.05, 0) is 59.5 Å². The van der Waals surface area contributed by atoms with Crippen LogP contribution >= 0.6 is 0 Å². The summed E-state index contributed by atoms with van der Waals surface area (Å²) in [7, 11) is 0. The van der Waals surface area contributed by atoms with Gasteiger partial charge in [-0.15, -0.1) is 0 Å². The fourth-order valence-electron chi connectivity index (χ4n) is 9.04. The van der Waals surface area contributed by atoms with E-state index in [1.165, 1.54) is 16.3 Å². The second-order valence-corrected chi connectivity index (χ2v) is 15.9. The standard InChI is InChI=1S/C54H37N5O/c1-33(2)36-20-15-21-37(28-36)42-29-38(30-45-41-24-11-14-27-50(41)60-51(42)45)58-46-25-12-9-22-39(46)43-31-44-40-23-10-13-26-47(40)59(49(44)32-48(43)58)54-56-52(34-16-5-3-6-17-34)55-53(57-54)35-18-7-4-8-19-35/h3-33H,1-2H3.